The second-order valence-corrected chi connectivity index (χ2v) is 8.04. The number of para-hydroxylation sites is 2. The number of carboxylic acid groups (broad SMARTS) is 1. The second kappa shape index (κ2) is 9.92. The highest BCUT2D eigenvalue weighted by molar-refractivity contribution is 5.91. The maximum atomic E-state index is 11.0. The molecule has 5 rings (SSSR count). The molecular formula is C30H21N3O3. The van der Waals surface area contributed by atoms with Gasteiger partial charge in [-0.1, -0.05) is 36.4 Å². The number of rotatable bonds is 7. The van der Waals surface area contributed by atoms with Gasteiger partial charge in [-0.05, 0) is 66.7 Å². The lowest BCUT2D eigenvalue weighted by atomic mass is 10.1. The Bertz CT molecular complexity index is 1540. The zero-order chi connectivity index (χ0) is 24.9. The fourth-order valence-electron chi connectivity index (χ4n) is 3.93. The molecular weight excluding hydrogens is 450 g/mol. The van der Waals surface area contributed by atoms with E-state index in [-0.39, 0.29) is 5.57 Å². The summed E-state index contributed by atoms with van der Waals surface area (Å²) < 4.78 is 6.22. The Balaban J connectivity index is 1.45. The highest BCUT2D eigenvalue weighted by atomic mass is 16.4. The Morgan fingerprint density at radius 3 is 2.06 bits per heavy atom. The highest BCUT2D eigenvalue weighted by Crippen LogP contribution is 2.37. The largest absolute Gasteiger partial charge is 0.477 e. The van der Waals surface area contributed by atoms with Crippen LogP contribution in [0.1, 0.15) is 0 Å². The molecule has 0 aliphatic carbocycles. The summed E-state index contributed by atoms with van der Waals surface area (Å²) in [6, 6.07) is 37.5. The van der Waals surface area contributed by atoms with Gasteiger partial charge in [0.1, 0.15) is 17.4 Å². The van der Waals surface area contributed by atoms with Gasteiger partial charge in [0, 0.05) is 46.0 Å². The monoisotopic (exact) mass is 471 g/mol. The van der Waals surface area contributed by atoms with E-state index in [2.05, 4.69) is 40.5 Å². The third-order valence-electron chi connectivity index (χ3n) is 5.69. The minimum absolute atomic E-state index is 0.368. The first-order valence-corrected chi connectivity index (χ1v) is 11.3. The van der Waals surface area contributed by atoms with Crippen LogP contribution in [-0.4, -0.2) is 11.1 Å². The van der Waals surface area contributed by atoms with E-state index in [0.29, 0.717) is 5.69 Å². The van der Waals surface area contributed by atoms with Crippen molar-refractivity contribution in [2.75, 3.05) is 10.2 Å². The molecule has 0 amide bonds. The summed E-state index contributed by atoms with van der Waals surface area (Å²) in [5.74, 6) is -0.556. The Labute approximate surface area is 208 Å². The van der Waals surface area contributed by atoms with E-state index < -0.39 is 5.97 Å². The van der Waals surface area contributed by atoms with Gasteiger partial charge in [-0.25, -0.2) is 4.79 Å². The van der Waals surface area contributed by atoms with E-state index in [1.165, 1.54) is 6.20 Å². The van der Waals surface area contributed by atoms with Crippen molar-refractivity contribution in [3.63, 3.8) is 0 Å². The third kappa shape index (κ3) is 4.67. The molecule has 0 spiro atoms. The van der Waals surface area contributed by atoms with Crippen molar-refractivity contribution in [1.82, 2.24) is 0 Å². The molecule has 0 radical (unpaired) electrons. The molecule has 174 valence electrons. The first-order chi connectivity index (χ1) is 17.6. The van der Waals surface area contributed by atoms with Gasteiger partial charge in [-0.2, -0.15) is 5.26 Å². The van der Waals surface area contributed by atoms with Gasteiger partial charge >= 0.3 is 5.97 Å². The average molecular weight is 472 g/mol. The SMILES string of the molecule is N#C/C(=C\Nc1ccc(-c2cc3ccc(N(c4ccccc4)c4ccccc4)cc3o2)cc1)C(=O)O. The number of anilines is 4. The maximum Gasteiger partial charge on any atom is 0.347 e. The molecule has 4 aromatic carbocycles. The summed E-state index contributed by atoms with van der Waals surface area (Å²) in [5, 5.41) is 21.6. The molecule has 0 saturated carbocycles. The van der Waals surface area contributed by atoms with Crippen molar-refractivity contribution >= 4 is 39.7 Å². The van der Waals surface area contributed by atoms with E-state index in [9.17, 15) is 4.79 Å². The summed E-state index contributed by atoms with van der Waals surface area (Å²) >= 11 is 0. The number of hydrogen-bond acceptors (Lipinski definition) is 5. The maximum absolute atomic E-state index is 11.0. The Kier molecular flexibility index (Phi) is 6.20. The van der Waals surface area contributed by atoms with Crippen LogP contribution >= 0.6 is 0 Å². The van der Waals surface area contributed by atoms with Crippen molar-refractivity contribution in [2.24, 2.45) is 0 Å². The number of carbonyl (C=O) groups is 1. The van der Waals surface area contributed by atoms with Crippen molar-refractivity contribution in [2.45, 2.75) is 0 Å². The molecule has 0 aliphatic heterocycles. The number of nitrogens with one attached hydrogen (secondary N) is 1. The zero-order valence-corrected chi connectivity index (χ0v) is 19.1. The summed E-state index contributed by atoms with van der Waals surface area (Å²) in [4.78, 5) is 13.1. The predicted octanol–water partition coefficient (Wildman–Crippen LogP) is 7.47. The minimum Gasteiger partial charge on any atom is -0.477 e. The van der Waals surface area contributed by atoms with Gasteiger partial charge in [-0.3, -0.25) is 0 Å². The van der Waals surface area contributed by atoms with Gasteiger partial charge in [0.2, 0.25) is 0 Å². The molecule has 0 saturated heterocycles. The number of nitrogens with zero attached hydrogens (tertiary/aromatic N) is 2. The van der Waals surface area contributed by atoms with Crippen LogP contribution in [0.25, 0.3) is 22.3 Å². The van der Waals surface area contributed by atoms with Crippen molar-refractivity contribution in [3.05, 3.63) is 121 Å². The van der Waals surface area contributed by atoms with E-state index >= 15 is 0 Å². The fourth-order valence-corrected chi connectivity index (χ4v) is 3.93. The molecule has 0 fully saturated rings. The normalized spacial score (nSPS) is 11.1. The summed E-state index contributed by atoms with van der Waals surface area (Å²) in [6.45, 7) is 0. The number of carboxylic acids is 1. The molecule has 0 aliphatic rings. The van der Waals surface area contributed by atoms with Crippen molar-refractivity contribution in [1.29, 1.82) is 5.26 Å². The van der Waals surface area contributed by atoms with Crippen LogP contribution in [0, 0.1) is 11.3 Å². The van der Waals surface area contributed by atoms with E-state index in [1.807, 2.05) is 66.7 Å². The molecule has 0 atom stereocenters. The molecule has 36 heavy (non-hydrogen) atoms. The van der Waals surface area contributed by atoms with Crippen LogP contribution in [-0.2, 0) is 4.79 Å². The van der Waals surface area contributed by atoms with Crippen LogP contribution in [0.2, 0.25) is 0 Å². The number of benzene rings is 4. The smallest absolute Gasteiger partial charge is 0.347 e. The molecule has 0 bridgehead atoms. The van der Waals surface area contributed by atoms with Crippen LogP contribution in [0.3, 0.4) is 0 Å². The van der Waals surface area contributed by atoms with Gasteiger partial charge in [-0.15, -0.1) is 0 Å². The highest BCUT2D eigenvalue weighted by Gasteiger charge is 2.14. The lowest BCUT2D eigenvalue weighted by Crippen LogP contribution is -2.09. The summed E-state index contributed by atoms with van der Waals surface area (Å²) in [6.07, 6.45) is 1.17. The number of hydrogen-bond donors (Lipinski definition) is 2. The number of furan rings is 1. The Hall–Kier alpha value is -5.28. The lowest BCUT2D eigenvalue weighted by Gasteiger charge is -2.25. The van der Waals surface area contributed by atoms with Crippen molar-refractivity contribution in [3.8, 4) is 17.4 Å². The van der Waals surface area contributed by atoms with Gasteiger partial charge < -0.3 is 19.7 Å². The van der Waals surface area contributed by atoms with Gasteiger partial charge in [0.25, 0.3) is 0 Å². The van der Waals surface area contributed by atoms with E-state index in [1.54, 1.807) is 18.2 Å². The predicted molar refractivity (Wildman–Crippen MR) is 141 cm³/mol. The van der Waals surface area contributed by atoms with Gasteiger partial charge in [0.05, 0.1) is 0 Å². The molecule has 5 aromatic rings. The number of aliphatic carboxylic acids is 1. The van der Waals surface area contributed by atoms with Crippen LogP contribution in [0.15, 0.2) is 125 Å². The van der Waals surface area contributed by atoms with E-state index in [0.717, 1.165) is 39.4 Å². The number of nitriles is 1. The Morgan fingerprint density at radius 2 is 1.47 bits per heavy atom. The van der Waals surface area contributed by atoms with E-state index in [4.69, 9.17) is 14.8 Å². The molecule has 6 heteroatoms. The van der Waals surface area contributed by atoms with Crippen LogP contribution in [0.5, 0.6) is 0 Å². The topological polar surface area (TPSA) is 89.5 Å². The van der Waals surface area contributed by atoms with Gasteiger partial charge in [0.15, 0.2) is 5.57 Å². The Morgan fingerprint density at radius 1 is 0.833 bits per heavy atom. The molecule has 0 unspecified atom stereocenters. The summed E-state index contributed by atoms with van der Waals surface area (Å²) in [5.41, 5.74) is 5.02. The molecule has 1 heterocycles. The summed E-state index contributed by atoms with van der Waals surface area (Å²) in [7, 11) is 0. The van der Waals surface area contributed by atoms with Crippen molar-refractivity contribution < 1.29 is 14.3 Å². The van der Waals surface area contributed by atoms with Crippen LogP contribution in [0.4, 0.5) is 22.7 Å². The molecule has 2 N–H and O–H groups in total. The third-order valence-corrected chi connectivity index (χ3v) is 5.69. The molecule has 6 nitrogen and oxygen atoms in total. The lowest BCUT2D eigenvalue weighted by molar-refractivity contribution is -0.132. The fraction of sp³-hybridized carbons (Fsp3) is 0. The first-order valence-electron chi connectivity index (χ1n) is 11.3. The average Bonchev–Trinajstić information content (AvgIpc) is 3.34. The molecule has 1 aromatic heterocycles. The first kappa shape index (κ1) is 22.5. The second-order valence-electron chi connectivity index (χ2n) is 8.04. The minimum atomic E-state index is -1.28. The quantitative estimate of drug-likeness (QED) is 0.189. The number of fused-ring (bicyclic) bond motifs is 1. The zero-order valence-electron chi connectivity index (χ0n) is 19.1. The van der Waals surface area contributed by atoms with Crippen LogP contribution < -0.4 is 10.2 Å². The standard InChI is InChI=1S/C30H21N3O3/c31-19-23(30(34)35)20-32-24-14-11-21(12-15-24)28-17-22-13-16-27(18-29(22)36-28)33(25-7-3-1-4-8-25)26-9-5-2-6-10-26/h1-18,20,32H,(H,34,35)/b23-20+.